The Kier molecular flexibility index (Phi) is 6.61. The molecule has 5 aliphatic carbocycles. The van der Waals surface area contributed by atoms with Crippen molar-refractivity contribution in [2.24, 2.45) is 50.2 Å². The van der Waals surface area contributed by atoms with Gasteiger partial charge in [-0.3, -0.25) is 14.2 Å². The maximum Gasteiger partial charge on any atom is 0.237 e. The number of hydrogen-bond donors (Lipinski definition) is 0. The fourth-order valence-electron chi connectivity index (χ4n) is 11.3. The van der Waals surface area contributed by atoms with Crippen LogP contribution in [0, 0.1) is 56.8 Å². The van der Waals surface area contributed by atoms with E-state index in [1.54, 1.807) is 0 Å². The molecule has 43 heavy (non-hydrogen) atoms. The summed E-state index contributed by atoms with van der Waals surface area (Å²) in [5.74, 6) is 0.0681. The molecule has 2 unspecified atom stereocenters. The SMILES string of the molecule is [C-]#[N+]C1=C[C@]2(C)C3=CC(=O)C4C5CC(C)(C)CC[C@]5(C(=O)n5cccc5CCC)CC[C@@]4(C)[C@]3(C)CC[C@H]2C(C)(C)C1=O. The first-order chi connectivity index (χ1) is 20.0. The fourth-order valence-corrected chi connectivity index (χ4v) is 11.3. The normalized spacial score (nSPS) is 41.0. The standard InChI is InChI=1S/C38H50N2O3/c1-10-12-24-13-11-20-40(24)32(43)38-18-16-33(2,3)22-25(38)30-27(41)21-29-35(6)23-26(39-9)31(42)34(4,5)28(35)14-15-36(29,7)37(30,8)17-19-38/h11,13,20-21,23,25,28,30H,10,12,14-19,22H2,1-8H3/t25?,28-,30?,35-,36+,37+,38-/m0/s1. The van der Waals surface area contributed by atoms with Crippen LogP contribution in [0.5, 0.6) is 0 Å². The summed E-state index contributed by atoms with van der Waals surface area (Å²) in [7, 11) is 0. The van der Waals surface area contributed by atoms with Gasteiger partial charge in [0, 0.05) is 28.6 Å². The molecule has 0 amide bonds. The highest BCUT2D eigenvalue weighted by Crippen LogP contribution is 2.74. The molecule has 0 aliphatic heterocycles. The quantitative estimate of drug-likeness (QED) is 0.335. The molecule has 5 aliphatic rings. The third kappa shape index (κ3) is 3.83. The smallest absolute Gasteiger partial charge is 0.237 e. The Morgan fingerprint density at radius 2 is 1.72 bits per heavy atom. The van der Waals surface area contributed by atoms with E-state index in [0.29, 0.717) is 0 Å². The molecule has 230 valence electrons. The summed E-state index contributed by atoms with van der Waals surface area (Å²) in [4.78, 5) is 46.6. The number of allylic oxidation sites excluding steroid dienone is 4. The van der Waals surface area contributed by atoms with Crippen molar-refractivity contribution >= 4 is 17.5 Å². The number of rotatable bonds is 3. The van der Waals surface area contributed by atoms with Crippen LogP contribution < -0.4 is 0 Å². The Hall–Kier alpha value is -2.74. The van der Waals surface area contributed by atoms with E-state index in [2.05, 4.69) is 52.5 Å². The first-order valence-electron chi connectivity index (χ1n) is 16.7. The summed E-state index contributed by atoms with van der Waals surface area (Å²) < 4.78 is 1.93. The number of Topliss-reactive ketones (excluding diaryl/α,β-unsaturated/α-hetero) is 1. The zero-order valence-electron chi connectivity index (χ0n) is 27.6. The average Bonchev–Trinajstić information content (AvgIpc) is 3.40. The van der Waals surface area contributed by atoms with E-state index in [4.69, 9.17) is 6.57 Å². The Bertz CT molecular complexity index is 1520. The van der Waals surface area contributed by atoms with Crippen molar-refractivity contribution in [3.05, 3.63) is 58.9 Å². The second kappa shape index (κ2) is 9.38. The molecule has 0 radical (unpaired) electrons. The largest absolute Gasteiger partial charge is 0.307 e. The zero-order valence-corrected chi connectivity index (χ0v) is 27.6. The molecule has 5 nitrogen and oxygen atoms in total. The lowest BCUT2D eigenvalue weighted by atomic mass is 9.34. The molecule has 0 N–H and O–H groups in total. The van der Waals surface area contributed by atoms with Crippen molar-refractivity contribution in [2.45, 2.75) is 113 Å². The van der Waals surface area contributed by atoms with Gasteiger partial charge in [-0.1, -0.05) is 73.5 Å². The summed E-state index contributed by atoms with van der Waals surface area (Å²) in [6.07, 6.45) is 13.8. The Balaban J connectivity index is 1.51. The maximum atomic E-state index is 14.8. The van der Waals surface area contributed by atoms with Crippen molar-refractivity contribution in [1.29, 1.82) is 0 Å². The molecule has 3 saturated carbocycles. The molecule has 1 aromatic rings. The highest BCUT2D eigenvalue weighted by atomic mass is 16.2. The summed E-state index contributed by atoms with van der Waals surface area (Å²) in [5.41, 5.74) is 0.133. The van der Waals surface area contributed by atoms with E-state index in [9.17, 15) is 14.4 Å². The van der Waals surface area contributed by atoms with Crippen molar-refractivity contribution in [1.82, 2.24) is 4.57 Å². The summed E-state index contributed by atoms with van der Waals surface area (Å²) in [6, 6.07) is 4.07. The van der Waals surface area contributed by atoms with Gasteiger partial charge < -0.3 is 4.79 Å². The van der Waals surface area contributed by atoms with Crippen LogP contribution in [-0.2, 0) is 16.0 Å². The number of aryl methyl sites for hydroxylation is 1. The van der Waals surface area contributed by atoms with Crippen molar-refractivity contribution in [2.75, 3.05) is 0 Å². The van der Waals surface area contributed by atoms with Crippen LogP contribution in [0.3, 0.4) is 0 Å². The van der Waals surface area contributed by atoms with Gasteiger partial charge in [0.05, 0.1) is 12.0 Å². The Labute approximate surface area is 258 Å². The Morgan fingerprint density at radius 3 is 2.40 bits per heavy atom. The van der Waals surface area contributed by atoms with Gasteiger partial charge in [0.25, 0.3) is 0 Å². The number of nitrogens with zero attached hydrogens (tertiary/aromatic N) is 2. The second-order valence-corrected chi connectivity index (χ2v) is 16.8. The monoisotopic (exact) mass is 582 g/mol. The van der Waals surface area contributed by atoms with Crippen molar-refractivity contribution in [3.8, 4) is 0 Å². The predicted octanol–water partition coefficient (Wildman–Crippen LogP) is 8.65. The summed E-state index contributed by atoms with van der Waals surface area (Å²) in [6.45, 7) is 25.5. The van der Waals surface area contributed by atoms with Gasteiger partial charge in [0.1, 0.15) is 0 Å². The van der Waals surface area contributed by atoms with E-state index < -0.39 is 16.2 Å². The predicted molar refractivity (Wildman–Crippen MR) is 169 cm³/mol. The van der Waals surface area contributed by atoms with Crippen LogP contribution in [0.15, 0.2) is 41.8 Å². The van der Waals surface area contributed by atoms with E-state index in [-0.39, 0.29) is 57.2 Å². The molecule has 0 saturated heterocycles. The van der Waals surface area contributed by atoms with E-state index in [0.717, 1.165) is 69.1 Å². The van der Waals surface area contributed by atoms with Gasteiger partial charge in [-0.25, -0.2) is 4.85 Å². The van der Waals surface area contributed by atoms with Crippen molar-refractivity contribution in [3.63, 3.8) is 0 Å². The molecule has 7 atom stereocenters. The van der Waals surface area contributed by atoms with Crippen LogP contribution in [0.25, 0.3) is 4.85 Å². The molecule has 0 aromatic carbocycles. The lowest BCUT2D eigenvalue weighted by Crippen LogP contribution is -2.66. The van der Waals surface area contributed by atoms with E-state index >= 15 is 0 Å². The molecular weight excluding hydrogens is 532 g/mol. The van der Waals surface area contributed by atoms with Crippen LogP contribution >= 0.6 is 0 Å². The molecule has 5 heteroatoms. The molecule has 1 aromatic heterocycles. The lowest BCUT2D eigenvalue weighted by molar-refractivity contribution is -0.164. The van der Waals surface area contributed by atoms with Crippen LogP contribution in [0.2, 0.25) is 0 Å². The van der Waals surface area contributed by atoms with Crippen LogP contribution in [0.4, 0.5) is 0 Å². The van der Waals surface area contributed by atoms with Crippen LogP contribution in [0.1, 0.15) is 117 Å². The maximum absolute atomic E-state index is 14.8. The number of ketones is 2. The lowest BCUT2D eigenvalue weighted by Gasteiger charge is -2.69. The fraction of sp³-hybridized carbons (Fsp3) is 0.684. The van der Waals surface area contributed by atoms with Gasteiger partial charge in [0.2, 0.25) is 11.6 Å². The third-order valence-electron chi connectivity index (χ3n) is 13.8. The number of hydrogen-bond acceptors (Lipinski definition) is 3. The molecule has 3 fully saturated rings. The number of carbonyl (C=O) groups is 3. The van der Waals surface area contributed by atoms with Gasteiger partial charge in [-0.05, 0) is 97.7 Å². The Morgan fingerprint density at radius 1 is 1.02 bits per heavy atom. The second-order valence-electron chi connectivity index (χ2n) is 16.8. The molecule has 0 bridgehead atoms. The van der Waals surface area contributed by atoms with E-state index in [1.165, 1.54) is 0 Å². The minimum atomic E-state index is -0.666. The van der Waals surface area contributed by atoms with Gasteiger partial charge in [-0.15, -0.1) is 0 Å². The third-order valence-corrected chi connectivity index (χ3v) is 13.8. The highest BCUT2D eigenvalue weighted by Gasteiger charge is 2.70. The summed E-state index contributed by atoms with van der Waals surface area (Å²) >= 11 is 0. The van der Waals surface area contributed by atoms with Gasteiger partial charge in [0.15, 0.2) is 11.6 Å². The minimum absolute atomic E-state index is 0.0225. The van der Waals surface area contributed by atoms with Crippen LogP contribution in [-0.4, -0.2) is 22.0 Å². The molecule has 1 heterocycles. The summed E-state index contributed by atoms with van der Waals surface area (Å²) in [5, 5.41) is 0. The number of aromatic nitrogens is 1. The van der Waals surface area contributed by atoms with Gasteiger partial charge >= 0.3 is 0 Å². The number of fused-ring (bicyclic) bond motifs is 7. The highest BCUT2D eigenvalue weighted by molar-refractivity contribution is 6.03. The number of carbonyl (C=O) groups excluding carboxylic acids is 3. The molecule has 6 rings (SSSR count). The van der Waals surface area contributed by atoms with E-state index in [1.807, 2.05) is 42.8 Å². The molecule has 0 spiro atoms. The first kappa shape index (κ1) is 30.3. The van der Waals surface area contributed by atoms with Crippen molar-refractivity contribution < 1.29 is 14.4 Å². The average molecular weight is 583 g/mol. The first-order valence-corrected chi connectivity index (χ1v) is 16.7. The molecular formula is C38H50N2O3. The minimum Gasteiger partial charge on any atom is -0.307 e. The zero-order chi connectivity index (χ0) is 31.4. The van der Waals surface area contributed by atoms with Gasteiger partial charge in [-0.2, -0.15) is 0 Å². The topological polar surface area (TPSA) is 60.5 Å².